The molecule has 0 spiro atoms. The van der Waals surface area contributed by atoms with E-state index in [1.54, 1.807) is 18.7 Å². The lowest BCUT2D eigenvalue weighted by molar-refractivity contribution is 0.483. The fourth-order valence-electron chi connectivity index (χ4n) is 3.58. The van der Waals surface area contributed by atoms with Crippen molar-refractivity contribution in [1.82, 2.24) is 9.78 Å². The lowest BCUT2D eigenvalue weighted by atomic mass is 10.1. The van der Waals surface area contributed by atoms with Gasteiger partial charge in [0.05, 0.1) is 26.9 Å². The van der Waals surface area contributed by atoms with Gasteiger partial charge < -0.3 is 4.90 Å². The normalized spacial score (nSPS) is 14.8. The molecule has 7 nitrogen and oxygen atoms in total. The largest absolute Gasteiger partial charge is 0.335 e. The van der Waals surface area contributed by atoms with Gasteiger partial charge in [0.25, 0.3) is 15.7 Å². The number of anilines is 1. The van der Waals surface area contributed by atoms with Crippen molar-refractivity contribution in [3.63, 3.8) is 0 Å². The SMILES string of the molecule is C=C(/C=C1\Sc2ccccc2N1CC)c1c(C)[nH]n(-c2ccc(S(=O)(=O)O)cc2)c1=O. The Kier molecular flexibility index (Phi) is 5.42. The highest BCUT2D eigenvalue weighted by Crippen LogP contribution is 2.46. The van der Waals surface area contributed by atoms with Crippen molar-refractivity contribution < 1.29 is 13.0 Å². The van der Waals surface area contributed by atoms with Gasteiger partial charge in [-0.15, -0.1) is 0 Å². The Labute approximate surface area is 184 Å². The fourth-order valence-corrected chi connectivity index (χ4v) is 5.26. The highest BCUT2D eigenvalue weighted by atomic mass is 32.2. The van der Waals surface area contributed by atoms with Crippen molar-refractivity contribution in [3.05, 3.63) is 87.8 Å². The van der Waals surface area contributed by atoms with Crippen molar-refractivity contribution in [3.8, 4) is 5.69 Å². The standard InChI is InChI=1S/C22H21N3O4S2/c1-4-24-18-7-5-6-8-19(18)30-20(24)13-14(2)21-15(3)23-25(22(21)26)16-9-11-17(12-10-16)31(27,28)29/h5-13,23H,2,4H2,1,3H3,(H,27,28,29)/b20-13-. The van der Waals surface area contributed by atoms with Gasteiger partial charge in [-0.3, -0.25) is 14.4 Å². The maximum atomic E-state index is 13.1. The molecule has 2 aromatic carbocycles. The summed E-state index contributed by atoms with van der Waals surface area (Å²) in [4.78, 5) is 16.2. The number of aryl methyl sites for hydroxylation is 1. The summed E-state index contributed by atoms with van der Waals surface area (Å²) in [5, 5.41) is 4.02. The molecule has 1 aromatic heterocycles. The Morgan fingerprint density at radius 2 is 1.87 bits per heavy atom. The van der Waals surface area contributed by atoms with E-state index in [1.807, 2.05) is 18.2 Å². The number of allylic oxidation sites excluding steroid dienone is 2. The summed E-state index contributed by atoms with van der Waals surface area (Å²) >= 11 is 1.64. The number of hydrogen-bond donors (Lipinski definition) is 2. The highest BCUT2D eigenvalue weighted by molar-refractivity contribution is 8.03. The summed E-state index contributed by atoms with van der Waals surface area (Å²) in [5.41, 5.74) is 2.98. The van der Waals surface area contributed by atoms with E-state index in [2.05, 4.69) is 35.6 Å². The number of H-pyrrole nitrogens is 1. The second-order valence-corrected chi connectivity index (χ2v) is 9.53. The molecule has 4 rings (SSSR count). The molecule has 1 aliphatic rings. The number of hydrogen-bond acceptors (Lipinski definition) is 5. The van der Waals surface area contributed by atoms with Crippen LogP contribution in [0.1, 0.15) is 18.2 Å². The van der Waals surface area contributed by atoms with Crippen LogP contribution in [0.5, 0.6) is 0 Å². The number of nitrogens with zero attached hydrogens (tertiary/aromatic N) is 2. The first-order valence-corrected chi connectivity index (χ1v) is 11.8. The van der Waals surface area contributed by atoms with Gasteiger partial charge in [0.2, 0.25) is 0 Å². The number of thioether (sulfide) groups is 1. The monoisotopic (exact) mass is 455 g/mol. The third-order valence-corrected chi connectivity index (χ3v) is 7.02. The zero-order chi connectivity index (χ0) is 22.3. The maximum Gasteiger partial charge on any atom is 0.294 e. The van der Waals surface area contributed by atoms with E-state index in [0.29, 0.717) is 22.5 Å². The Morgan fingerprint density at radius 3 is 2.52 bits per heavy atom. The molecule has 2 heterocycles. The van der Waals surface area contributed by atoms with Crippen molar-refractivity contribution in [1.29, 1.82) is 0 Å². The van der Waals surface area contributed by atoms with Crippen LogP contribution in [0.25, 0.3) is 11.3 Å². The molecule has 0 unspecified atom stereocenters. The van der Waals surface area contributed by atoms with Crippen molar-refractivity contribution in [2.24, 2.45) is 0 Å². The molecule has 0 saturated carbocycles. The quantitative estimate of drug-likeness (QED) is 0.560. The highest BCUT2D eigenvalue weighted by Gasteiger charge is 2.24. The maximum absolute atomic E-state index is 13.1. The van der Waals surface area contributed by atoms with Crippen LogP contribution < -0.4 is 10.5 Å². The lowest BCUT2D eigenvalue weighted by Crippen LogP contribution is -2.18. The van der Waals surface area contributed by atoms with Crippen LogP contribution in [0.2, 0.25) is 0 Å². The summed E-state index contributed by atoms with van der Waals surface area (Å²) in [6.45, 7) is 8.79. The molecule has 1 aliphatic heterocycles. The molecule has 0 amide bonds. The van der Waals surface area contributed by atoms with Crippen LogP contribution in [0, 0.1) is 6.92 Å². The van der Waals surface area contributed by atoms with Crippen LogP contribution in [0.3, 0.4) is 0 Å². The van der Waals surface area contributed by atoms with E-state index in [0.717, 1.165) is 22.2 Å². The summed E-state index contributed by atoms with van der Waals surface area (Å²) in [7, 11) is -4.30. The van der Waals surface area contributed by atoms with E-state index in [4.69, 9.17) is 4.55 Å². The third kappa shape index (κ3) is 3.87. The van der Waals surface area contributed by atoms with Gasteiger partial charge in [-0.25, -0.2) is 4.68 Å². The molecule has 0 aliphatic carbocycles. The average molecular weight is 456 g/mol. The van der Waals surface area contributed by atoms with Gasteiger partial charge in [0.15, 0.2) is 0 Å². The van der Waals surface area contributed by atoms with E-state index in [1.165, 1.54) is 28.9 Å². The van der Waals surface area contributed by atoms with E-state index in [9.17, 15) is 13.2 Å². The number of aromatic nitrogens is 2. The molecule has 0 radical (unpaired) electrons. The van der Waals surface area contributed by atoms with Crippen molar-refractivity contribution in [2.75, 3.05) is 11.4 Å². The minimum atomic E-state index is -4.30. The number of aromatic amines is 1. The number of fused-ring (bicyclic) bond motifs is 1. The fraction of sp³-hybridized carbons (Fsp3) is 0.136. The van der Waals surface area contributed by atoms with E-state index >= 15 is 0 Å². The number of nitrogens with one attached hydrogen (secondary N) is 1. The number of para-hydroxylation sites is 1. The second-order valence-electron chi connectivity index (χ2n) is 7.04. The van der Waals surface area contributed by atoms with Gasteiger partial charge >= 0.3 is 0 Å². The van der Waals surface area contributed by atoms with Gasteiger partial charge in [0.1, 0.15) is 0 Å². The van der Waals surface area contributed by atoms with Crippen LogP contribution in [0.4, 0.5) is 5.69 Å². The topological polar surface area (TPSA) is 95.4 Å². The predicted molar refractivity (Wildman–Crippen MR) is 123 cm³/mol. The molecular formula is C22H21N3O4S2. The first-order valence-electron chi connectivity index (χ1n) is 9.55. The Balaban J connectivity index is 1.69. The third-order valence-electron chi connectivity index (χ3n) is 5.04. The van der Waals surface area contributed by atoms with Crippen LogP contribution >= 0.6 is 11.8 Å². The first-order chi connectivity index (χ1) is 14.7. The minimum absolute atomic E-state index is 0.237. The minimum Gasteiger partial charge on any atom is -0.335 e. The first kappa shape index (κ1) is 21.2. The summed E-state index contributed by atoms with van der Waals surface area (Å²) in [6.07, 6.45) is 1.91. The molecular weight excluding hydrogens is 434 g/mol. The Bertz CT molecular complexity index is 1370. The van der Waals surface area contributed by atoms with Crippen molar-refractivity contribution in [2.45, 2.75) is 23.6 Å². The smallest absolute Gasteiger partial charge is 0.294 e. The van der Waals surface area contributed by atoms with E-state index < -0.39 is 10.1 Å². The van der Waals surface area contributed by atoms with E-state index in [-0.39, 0.29) is 10.5 Å². The molecule has 0 bridgehead atoms. The summed E-state index contributed by atoms with van der Waals surface area (Å²) in [6, 6.07) is 13.5. The molecule has 0 atom stereocenters. The zero-order valence-electron chi connectivity index (χ0n) is 17.0. The molecule has 0 saturated heterocycles. The van der Waals surface area contributed by atoms with Crippen molar-refractivity contribution >= 4 is 33.1 Å². The molecule has 3 aromatic rings. The van der Waals surface area contributed by atoms with Gasteiger partial charge in [-0.05, 0) is 61.9 Å². The molecule has 2 N–H and O–H groups in total. The van der Waals surface area contributed by atoms with Gasteiger partial charge in [0, 0.05) is 17.1 Å². The molecule has 0 fully saturated rings. The average Bonchev–Trinajstić information content (AvgIpc) is 3.23. The number of benzene rings is 2. The Morgan fingerprint density at radius 1 is 1.19 bits per heavy atom. The molecule has 160 valence electrons. The summed E-state index contributed by atoms with van der Waals surface area (Å²) < 4.78 is 33.0. The Hall–Kier alpha value is -3.01. The second kappa shape index (κ2) is 7.92. The van der Waals surface area contributed by atoms with Crippen LogP contribution in [0.15, 0.2) is 80.8 Å². The van der Waals surface area contributed by atoms with Gasteiger partial charge in [-0.1, -0.05) is 30.5 Å². The van der Waals surface area contributed by atoms with Crippen LogP contribution in [-0.4, -0.2) is 29.3 Å². The number of rotatable bonds is 5. The lowest BCUT2D eigenvalue weighted by Gasteiger charge is -2.18. The predicted octanol–water partition coefficient (Wildman–Crippen LogP) is 4.21. The zero-order valence-corrected chi connectivity index (χ0v) is 18.6. The molecule has 9 heteroatoms. The molecule has 31 heavy (non-hydrogen) atoms. The summed E-state index contributed by atoms with van der Waals surface area (Å²) in [5.74, 6) is 0. The van der Waals surface area contributed by atoms with Gasteiger partial charge in [-0.2, -0.15) is 8.42 Å². The van der Waals surface area contributed by atoms with Crippen LogP contribution in [-0.2, 0) is 10.1 Å².